The van der Waals surface area contributed by atoms with Crippen LogP contribution < -0.4 is 16.0 Å². The van der Waals surface area contributed by atoms with Crippen molar-refractivity contribution in [2.24, 2.45) is 5.92 Å². The minimum Gasteiger partial charge on any atom is -0.382 e. The van der Waals surface area contributed by atoms with E-state index in [4.69, 9.17) is 17.3 Å². The highest BCUT2D eigenvalue weighted by Gasteiger charge is 2.26. The van der Waals surface area contributed by atoms with Crippen LogP contribution in [0.3, 0.4) is 0 Å². The molecule has 0 radical (unpaired) electrons. The maximum Gasteiger partial charge on any atom is 0.217 e. The SMILES string of the molecule is CC(=O)N[C@H](C)C1CCN(c2ncnc(N)c2Cl)CC1. The number of halogens is 1. The van der Waals surface area contributed by atoms with Crippen LogP contribution >= 0.6 is 11.6 Å². The standard InChI is InChI=1S/C13H20ClN5O/c1-8(18-9(2)20)10-3-5-19(6-4-10)13-11(14)12(15)16-7-17-13/h7-8,10H,3-6H2,1-2H3,(H,18,20)(H2,15,16,17)/t8-/m1/s1. The lowest BCUT2D eigenvalue weighted by Gasteiger charge is -2.35. The molecule has 2 heterocycles. The predicted octanol–water partition coefficient (Wildman–Crippen LogP) is 1.45. The highest BCUT2D eigenvalue weighted by molar-refractivity contribution is 6.35. The number of nitrogens with one attached hydrogen (secondary N) is 1. The van der Waals surface area contributed by atoms with E-state index in [0.29, 0.717) is 22.6 Å². The second-order valence-corrected chi connectivity index (χ2v) is 5.59. The van der Waals surface area contributed by atoms with Crippen molar-refractivity contribution in [2.45, 2.75) is 32.7 Å². The third-order valence-electron chi connectivity index (χ3n) is 3.78. The zero-order valence-corrected chi connectivity index (χ0v) is 12.5. The van der Waals surface area contributed by atoms with Crippen molar-refractivity contribution in [1.29, 1.82) is 0 Å². The van der Waals surface area contributed by atoms with E-state index in [2.05, 4.69) is 27.1 Å². The fourth-order valence-corrected chi connectivity index (χ4v) is 2.86. The molecule has 0 saturated carbocycles. The summed E-state index contributed by atoms with van der Waals surface area (Å²) in [6.07, 6.45) is 3.41. The van der Waals surface area contributed by atoms with Gasteiger partial charge in [-0.25, -0.2) is 9.97 Å². The van der Waals surface area contributed by atoms with Gasteiger partial charge >= 0.3 is 0 Å². The Morgan fingerprint density at radius 2 is 2.15 bits per heavy atom. The number of amides is 1. The van der Waals surface area contributed by atoms with Gasteiger partial charge in [0.1, 0.15) is 17.2 Å². The molecule has 3 N–H and O–H groups in total. The lowest BCUT2D eigenvalue weighted by molar-refractivity contribution is -0.119. The fourth-order valence-electron chi connectivity index (χ4n) is 2.64. The molecule has 0 bridgehead atoms. The molecule has 1 saturated heterocycles. The minimum absolute atomic E-state index is 0.0200. The van der Waals surface area contributed by atoms with Gasteiger partial charge in [0.05, 0.1) is 0 Å². The topological polar surface area (TPSA) is 84.1 Å². The summed E-state index contributed by atoms with van der Waals surface area (Å²) >= 11 is 6.15. The fraction of sp³-hybridized carbons (Fsp3) is 0.615. The smallest absolute Gasteiger partial charge is 0.217 e. The Labute approximate surface area is 123 Å². The Hall–Kier alpha value is -1.56. The normalized spacial score (nSPS) is 17.9. The van der Waals surface area contributed by atoms with Gasteiger partial charge in [0.15, 0.2) is 5.82 Å². The Kier molecular flexibility index (Phi) is 4.65. The maximum atomic E-state index is 11.1. The second kappa shape index (κ2) is 6.26. The molecule has 1 aromatic heterocycles. The van der Waals surface area contributed by atoms with Crippen LogP contribution in [-0.4, -0.2) is 35.0 Å². The van der Waals surface area contributed by atoms with Crippen molar-refractivity contribution in [1.82, 2.24) is 15.3 Å². The van der Waals surface area contributed by atoms with Crippen LogP contribution in [0.25, 0.3) is 0 Å². The zero-order chi connectivity index (χ0) is 14.7. The van der Waals surface area contributed by atoms with Gasteiger partial charge in [0.2, 0.25) is 5.91 Å². The number of carbonyl (C=O) groups excluding carboxylic acids is 1. The van der Waals surface area contributed by atoms with Gasteiger partial charge < -0.3 is 16.0 Å². The molecular weight excluding hydrogens is 278 g/mol. The van der Waals surface area contributed by atoms with Crippen molar-refractivity contribution < 1.29 is 4.79 Å². The number of aromatic nitrogens is 2. The third-order valence-corrected chi connectivity index (χ3v) is 4.14. The lowest BCUT2D eigenvalue weighted by atomic mass is 9.90. The summed E-state index contributed by atoms with van der Waals surface area (Å²) in [5.41, 5.74) is 5.70. The molecular formula is C13H20ClN5O. The van der Waals surface area contributed by atoms with Gasteiger partial charge in [-0.3, -0.25) is 4.79 Å². The number of carbonyl (C=O) groups is 1. The van der Waals surface area contributed by atoms with Crippen molar-refractivity contribution in [3.8, 4) is 0 Å². The van der Waals surface area contributed by atoms with Crippen LogP contribution in [-0.2, 0) is 4.79 Å². The molecule has 0 unspecified atom stereocenters. The van der Waals surface area contributed by atoms with E-state index in [-0.39, 0.29) is 11.9 Å². The molecule has 20 heavy (non-hydrogen) atoms. The second-order valence-electron chi connectivity index (χ2n) is 5.21. The number of nitrogen functional groups attached to an aromatic ring is 1. The summed E-state index contributed by atoms with van der Waals surface area (Å²) in [5.74, 6) is 1.51. The monoisotopic (exact) mass is 297 g/mol. The van der Waals surface area contributed by atoms with Crippen LogP contribution in [0.4, 0.5) is 11.6 Å². The molecule has 1 aliphatic heterocycles. The Morgan fingerprint density at radius 3 is 2.75 bits per heavy atom. The van der Waals surface area contributed by atoms with Crippen LogP contribution in [0.2, 0.25) is 5.02 Å². The molecule has 1 fully saturated rings. The van der Waals surface area contributed by atoms with E-state index >= 15 is 0 Å². The van der Waals surface area contributed by atoms with Crippen LogP contribution in [0.1, 0.15) is 26.7 Å². The first-order valence-corrected chi connectivity index (χ1v) is 7.15. The molecule has 110 valence electrons. The Balaban J connectivity index is 1.97. The molecule has 7 heteroatoms. The summed E-state index contributed by atoms with van der Waals surface area (Å²) in [5, 5.41) is 3.38. The van der Waals surface area contributed by atoms with Crippen LogP contribution in [0, 0.1) is 5.92 Å². The first-order valence-electron chi connectivity index (χ1n) is 6.77. The van der Waals surface area contributed by atoms with E-state index in [1.807, 2.05) is 0 Å². The van der Waals surface area contributed by atoms with Gasteiger partial charge in [-0.15, -0.1) is 0 Å². The largest absolute Gasteiger partial charge is 0.382 e. The van der Waals surface area contributed by atoms with Crippen molar-refractivity contribution in [2.75, 3.05) is 23.7 Å². The Morgan fingerprint density at radius 1 is 1.50 bits per heavy atom. The lowest BCUT2D eigenvalue weighted by Crippen LogP contribution is -2.43. The predicted molar refractivity (Wildman–Crippen MR) is 79.7 cm³/mol. The first-order chi connectivity index (χ1) is 9.49. The quantitative estimate of drug-likeness (QED) is 0.882. The van der Waals surface area contributed by atoms with E-state index in [1.165, 1.54) is 6.33 Å². The number of rotatable bonds is 3. The van der Waals surface area contributed by atoms with Gasteiger partial charge in [0, 0.05) is 26.1 Å². The molecule has 1 aliphatic rings. The van der Waals surface area contributed by atoms with Crippen LogP contribution in [0.5, 0.6) is 0 Å². The third kappa shape index (κ3) is 3.30. The summed E-state index contributed by atoms with van der Waals surface area (Å²) in [6, 6.07) is 0.195. The molecule has 0 spiro atoms. The maximum absolute atomic E-state index is 11.1. The molecule has 2 rings (SSSR count). The minimum atomic E-state index is 0.0200. The molecule has 1 amide bonds. The van der Waals surface area contributed by atoms with Crippen molar-refractivity contribution >= 4 is 29.1 Å². The highest BCUT2D eigenvalue weighted by atomic mass is 35.5. The van der Waals surface area contributed by atoms with E-state index in [1.54, 1.807) is 6.92 Å². The number of anilines is 2. The van der Waals surface area contributed by atoms with Gasteiger partial charge in [-0.05, 0) is 25.7 Å². The van der Waals surface area contributed by atoms with E-state index in [9.17, 15) is 4.79 Å². The summed E-state index contributed by atoms with van der Waals surface area (Å²) in [4.78, 5) is 21.3. The number of nitrogens with two attached hydrogens (primary N) is 1. The first kappa shape index (κ1) is 14.8. The average Bonchev–Trinajstić information content (AvgIpc) is 2.41. The van der Waals surface area contributed by atoms with Gasteiger partial charge in [-0.2, -0.15) is 0 Å². The van der Waals surface area contributed by atoms with Crippen molar-refractivity contribution in [3.05, 3.63) is 11.3 Å². The van der Waals surface area contributed by atoms with E-state index in [0.717, 1.165) is 25.9 Å². The number of nitrogens with zero attached hydrogens (tertiary/aromatic N) is 3. The number of hydrogen-bond donors (Lipinski definition) is 2. The molecule has 1 aromatic rings. The van der Waals surface area contributed by atoms with Gasteiger partial charge in [-0.1, -0.05) is 11.6 Å². The number of piperidine rings is 1. The van der Waals surface area contributed by atoms with Crippen LogP contribution in [0.15, 0.2) is 6.33 Å². The average molecular weight is 298 g/mol. The zero-order valence-electron chi connectivity index (χ0n) is 11.8. The molecule has 0 aromatic carbocycles. The summed E-state index contributed by atoms with van der Waals surface area (Å²) in [6.45, 7) is 5.31. The number of hydrogen-bond acceptors (Lipinski definition) is 5. The summed E-state index contributed by atoms with van der Waals surface area (Å²) in [7, 11) is 0. The molecule has 0 aliphatic carbocycles. The molecule has 6 nitrogen and oxygen atoms in total. The van der Waals surface area contributed by atoms with E-state index < -0.39 is 0 Å². The summed E-state index contributed by atoms with van der Waals surface area (Å²) < 4.78 is 0. The molecule has 1 atom stereocenters. The van der Waals surface area contributed by atoms with Gasteiger partial charge in [0.25, 0.3) is 0 Å². The highest BCUT2D eigenvalue weighted by Crippen LogP contribution is 2.30. The van der Waals surface area contributed by atoms with Crippen molar-refractivity contribution in [3.63, 3.8) is 0 Å². The Bertz CT molecular complexity index is 488.